The minimum atomic E-state index is 0.518. The van der Waals surface area contributed by atoms with E-state index in [4.69, 9.17) is 4.74 Å². The van der Waals surface area contributed by atoms with Gasteiger partial charge in [-0.2, -0.15) is 0 Å². The molecule has 0 saturated heterocycles. The van der Waals surface area contributed by atoms with Crippen LogP contribution in [0.2, 0.25) is 0 Å². The van der Waals surface area contributed by atoms with Gasteiger partial charge in [-0.1, -0.05) is 19.1 Å². The summed E-state index contributed by atoms with van der Waals surface area (Å²) in [5.41, 5.74) is 2.16. The number of ether oxygens (including phenoxy) is 1. The summed E-state index contributed by atoms with van der Waals surface area (Å²) in [6.07, 6.45) is 11.5. The maximum absolute atomic E-state index is 5.79. The van der Waals surface area contributed by atoms with Crippen molar-refractivity contribution in [2.24, 2.45) is 11.8 Å². The molecule has 2 aliphatic rings. The maximum atomic E-state index is 5.79. The first-order chi connectivity index (χ1) is 12.3. The van der Waals surface area contributed by atoms with E-state index in [9.17, 15) is 0 Å². The zero-order chi connectivity index (χ0) is 17.1. The molecular weight excluding hydrogens is 310 g/mol. The van der Waals surface area contributed by atoms with Gasteiger partial charge in [0, 0.05) is 24.0 Å². The molecular formula is C21H27N3O. The van der Waals surface area contributed by atoms with Crippen molar-refractivity contribution in [2.75, 3.05) is 11.9 Å². The first kappa shape index (κ1) is 16.4. The van der Waals surface area contributed by atoms with Crippen molar-refractivity contribution < 1.29 is 4.74 Å². The fourth-order valence-corrected chi connectivity index (χ4v) is 3.38. The molecule has 2 fully saturated rings. The van der Waals surface area contributed by atoms with Gasteiger partial charge in [-0.15, -0.1) is 0 Å². The van der Waals surface area contributed by atoms with Crippen LogP contribution in [0.25, 0.3) is 11.1 Å². The van der Waals surface area contributed by atoms with Crippen LogP contribution in [0.5, 0.6) is 5.75 Å². The van der Waals surface area contributed by atoms with E-state index in [1.54, 1.807) is 0 Å². The number of aromatic nitrogens is 2. The van der Waals surface area contributed by atoms with Gasteiger partial charge in [-0.3, -0.25) is 0 Å². The van der Waals surface area contributed by atoms with Gasteiger partial charge in [0.05, 0.1) is 6.61 Å². The minimum Gasteiger partial charge on any atom is -0.493 e. The predicted molar refractivity (Wildman–Crippen MR) is 101 cm³/mol. The topological polar surface area (TPSA) is 47.0 Å². The summed E-state index contributed by atoms with van der Waals surface area (Å²) in [6.45, 7) is 3.19. The van der Waals surface area contributed by atoms with Crippen molar-refractivity contribution in [3.63, 3.8) is 0 Å². The zero-order valence-electron chi connectivity index (χ0n) is 14.9. The van der Waals surface area contributed by atoms with E-state index in [0.29, 0.717) is 6.04 Å². The summed E-state index contributed by atoms with van der Waals surface area (Å²) in [6, 6.07) is 8.75. The van der Waals surface area contributed by atoms with Crippen LogP contribution in [0.4, 0.5) is 5.95 Å². The molecule has 0 aliphatic heterocycles. The van der Waals surface area contributed by atoms with Crippen LogP contribution in [0.1, 0.15) is 45.4 Å². The van der Waals surface area contributed by atoms with Gasteiger partial charge in [0.2, 0.25) is 5.95 Å². The largest absolute Gasteiger partial charge is 0.493 e. The Labute approximate surface area is 150 Å². The fraction of sp³-hybridized carbons (Fsp3) is 0.524. The highest BCUT2D eigenvalue weighted by Crippen LogP contribution is 2.30. The molecule has 0 amide bonds. The Morgan fingerprint density at radius 1 is 0.920 bits per heavy atom. The number of rotatable bonds is 6. The molecule has 0 bridgehead atoms. The fourth-order valence-electron chi connectivity index (χ4n) is 3.38. The van der Waals surface area contributed by atoms with E-state index in [-0.39, 0.29) is 0 Å². The lowest BCUT2D eigenvalue weighted by molar-refractivity contribution is 0.300. The third kappa shape index (κ3) is 4.50. The highest BCUT2D eigenvalue weighted by molar-refractivity contribution is 5.62. The first-order valence-corrected chi connectivity index (χ1v) is 9.58. The summed E-state index contributed by atoms with van der Waals surface area (Å²) < 4.78 is 5.79. The maximum Gasteiger partial charge on any atom is 0.222 e. The Morgan fingerprint density at radius 3 is 2.24 bits per heavy atom. The van der Waals surface area contributed by atoms with E-state index in [1.165, 1.54) is 38.5 Å². The number of nitrogens with one attached hydrogen (secondary N) is 1. The molecule has 0 spiro atoms. The molecule has 0 radical (unpaired) electrons. The summed E-state index contributed by atoms with van der Waals surface area (Å²) >= 11 is 0. The quantitative estimate of drug-likeness (QED) is 0.812. The summed E-state index contributed by atoms with van der Waals surface area (Å²) in [5, 5.41) is 3.48. The van der Waals surface area contributed by atoms with E-state index in [1.807, 2.05) is 24.5 Å². The average Bonchev–Trinajstić information content (AvgIpc) is 3.48. The van der Waals surface area contributed by atoms with Crippen LogP contribution in [-0.4, -0.2) is 22.6 Å². The Kier molecular flexibility index (Phi) is 4.86. The van der Waals surface area contributed by atoms with Crippen molar-refractivity contribution in [3.8, 4) is 16.9 Å². The van der Waals surface area contributed by atoms with E-state index < -0.39 is 0 Å². The molecule has 1 heterocycles. The molecule has 1 N–H and O–H groups in total. The monoisotopic (exact) mass is 337 g/mol. The molecule has 4 rings (SSSR count). The molecule has 132 valence electrons. The van der Waals surface area contributed by atoms with Gasteiger partial charge >= 0.3 is 0 Å². The van der Waals surface area contributed by atoms with Crippen molar-refractivity contribution in [3.05, 3.63) is 36.7 Å². The minimum absolute atomic E-state index is 0.518. The normalized spacial score (nSPS) is 23.2. The third-order valence-corrected chi connectivity index (χ3v) is 5.37. The Morgan fingerprint density at radius 2 is 1.60 bits per heavy atom. The van der Waals surface area contributed by atoms with Crippen molar-refractivity contribution in [2.45, 2.75) is 51.5 Å². The Hall–Kier alpha value is -2.10. The van der Waals surface area contributed by atoms with Gasteiger partial charge in [-0.05, 0) is 68.1 Å². The SMILES string of the molecule is CC1CCC(Nc2ncc(-c3ccc(OCC4CC4)cc3)cn2)CC1. The van der Waals surface area contributed by atoms with Crippen molar-refractivity contribution in [1.29, 1.82) is 0 Å². The highest BCUT2D eigenvalue weighted by atomic mass is 16.5. The summed E-state index contributed by atoms with van der Waals surface area (Å²) in [5.74, 6) is 3.33. The van der Waals surface area contributed by atoms with Gasteiger partial charge in [0.15, 0.2) is 0 Å². The van der Waals surface area contributed by atoms with Gasteiger partial charge in [-0.25, -0.2) is 9.97 Å². The van der Waals surface area contributed by atoms with Crippen LogP contribution in [0, 0.1) is 11.8 Å². The van der Waals surface area contributed by atoms with E-state index in [0.717, 1.165) is 41.3 Å². The molecule has 4 heteroatoms. The molecule has 2 aromatic rings. The standard InChI is InChI=1S/C21H27N3O/c1-15-2-8-19(9-3-15)24-21-22-12-18(13-23-21)17-6-10-20(11-7-17)25-14-16-4-5-16/h6-7,10-13,15-16,19H,2-5,8-9,14H2,1H3,(H,22,23,24). The average molecular weight is 337 g/mol. The first-order valence-electron chi connectivity index (χ1n) is 9.58. The van der Waals surface area contributed by atoms with Gasteiger partial charge in [0.25, 0.3) is 0 Å². The Bertz CT molecular complexity index is 671. The number of anilines is 1. The van der Waals surface area contributed by atoms with Gasteiger partial charge < -0.3 is 10.1 Å². The predicted octanol–water partition coefficient (Wildman–Crippen LogP) is 4.92. The van der Waals surface area contributed by atoms with E-state index in [2.05, 4.69) is 34.3 Å². The van der Waals surface area contributed by atoms with Crippen molar-refractivity contribution in [1.82, 2.24) is 9.97 Å². The summed E-state index contributed by atoms with van der Waals surface area (Å²) in [7, 11) is 0. The number of nitrogens with zero attached hydrogens (tertiary/aromatic N) is 2. The molecule has 2 aliphatic carbocycles. The van der Waals surface area contributed by atoms with Crippen molar-refractivity contribution >= 4 is 5.95 Å². The molecule has 4 nitrogen and oxygen atoms in total. The third-order valence-electron chi connectivity index (χ3n) is 5.37. The zero-order valence-corrected chi connectivity index (χ0v) is 14.9. The second-order valence-electron chi connectivity index (χ2n) is 7.68. The molecule has 0 atom stereocenters. The number of hydrogen-bond donors (Lipinski definition) is 1. The van der Waals surface area contributed by atoms with Crippen LogP contribution < -0.4 is 10.1 Å². The molecule has 2 saturated carbocycles. The van der Waals surface area contributed by atoms with Crippen LogP contribution in [-0.2, 0) is 0 Å². The molecule has 1 aromatic carbocycles. The van der Waals surface area contributed by atoms with Gasteiger partial charge in [0.1, 0.15) is 5.75 Å². The van der Waals surface area contributed by atoms with Crippen LogP contribution in [0.15, 0.2) is 36.7 Å². The van der Waals surface area contributed by atoms with E-state index >= 15 is 0 Å². The molecule has 25 heavy (non-hydrogen) atoms. The lowest BCUT2D eigenvalue weighted by Crippen LogP contribution is -2.26. The smallest absolute Gasteiger partial charge is 0.222 e. The molecule has 0 unspecified atom stereocenters. The van der Waals surface area contributed by atoms with Crippen LogP contribution >= 0.6 is 0 Å². The lowest BCUT2D eigenvalue weighted by Gasteiger charge is -2.26. The summed E-state index contributed by atoms with van der Waals surface area (Å²) in [4.78, 5) is 9.01. The lowest BCUT2D eigenvalue weighted by atomic mass is 9.87. The highest BCUT2D eigenvalue weighted by Gasteiger charge is 2.22. The molecule has 1 aromatic heterocycles. The number of hydrogen-bond acceptors (Lipinski definition) is 4. The van der Waals surface area contributed by atoms with Crippen LogP contribution in [0.3, 0.4) is 0 Å². The second kappa shape index (κ2) is 7.42. The Balaban J connectivity index is 1.34. The second-order valence-corrected chi connectivity index (χ2v) is 7.68. The number of benzene rings is 1.